The minimum Gasteiger partial charge on any atom is -0.394 e. The van der Waals surface area contributed by atoms with Crippen LogP contribution in [0.2, 0.25) is 0 Å². The molecule has 1 aliphatic heterocycles. The number of aromatic nitrogens is 5. The third-order valence-corrected chi connectivity index (χ3v) is 6.33. The number of anilines is 3. The highest BCUT2D eigenvalue weighted by Crippen LogP contribution is 2.37. The maximum absolute atomic E-state index is 12.5. The van der Waals surface area contributed by atoms with Crippen LogP contribution >= 0.6 is 0 Å². The van der Waals surface area contributed by atoms with E-state index >= 15 is 0 Å². The molecule has 3 N–H and O–H groups in total. The van der Waals surface area contributed by atoms with E-state index < -0.39 is 11.6 Å². The number of hydrogen-bond donors (Lipinski definition) is 3. The molecule has 1 aliphatic rings. The number of aliphatic hydroxyl groups excluding tert-OH is 1. The molecule has 0 aliphatic carbocycles. The molecular formula is C25H26N8O3. The third kappa shape index (κ3) is 4.13. The first-order valence-electron chi connectivity index (χ1n) is 11.4. The van der Waals surface area contributed by atoms with Crippen molar-refractivity contribution in [1.29, 1.82) is 0 Å². The van der Waals surface area contributed by atoms with Crippen molar-refractivity contribution in [2.45, 2.75) is 32.4 Å². The van der Waals surface area contributed by atoms with Gasteiger partial charge in [-0.2, -0.15) is 9.97 Å². The molecule has 4 aromatic rings. The van der Waals surface area contributed by atoms with E-state index in [0.717, 1.165) is 5.56 Å². The van der Waals surface area contributed by atoms with Crippen molar-refractivity contribution in [3.05, 3.63) is 71.3 Å². The highest BCUT2D eigenvalue weighted by Gasteiger charge is 2.42. The minimum atomic E-state index is -0.540. The van der Waals surface area contributed by atoms with Gasteiger partial charge in [0.25, 0.3) is 11.8 Å². The quantitative estimate of drug-likeness (QED) is 0.355. The Bertz CT molecular complexity index is 1420. The van der Waals surface area contributed by atoms with Crippen molar-refractivity contribution in [3.63, 3.8) is 0 Å². The summed E-state index contributed by atoms with van der Waals surface area (Å²) in [6, 6.07) is 12.6. The molecule has 4 heterocycles. The van der Waals surface area contributed by atoms with E-state index in [0.29, 0.717) is 34.3 Å². The molecule has 0 saturated heterocycles. The molecular weight excluding hydrogens is 460 g/mol. The van der Waals surface area contributed by atoms with E-state index in [4.69, 9.17) is 4.52 Å². The number of hydrogen-bond acceptors (Lipinski definition) is 10. The van der Waals surface area contributed by atoms with Gasteiger partial charge in [-0.1, -0.05) is 35.5 Å². The molecule has 3 aromatic heterocycles. The van der Waals surface area contributed by atoms with Crippen LogP contribution in [0.3, 0.4) is 0 Å². The highest BCUT2D eigenvalue weighted by molar-refractivity contribution is 5.99. The number of nitrogens with zero attached hydrogens (tertiary/aromatic N) is 6. The molecule has 184 valence electrons. The summed E-state index contributed by atoms with van der Waals surface area (Å²) >= 11 is 0. The molecule has 0 fully saturated rings. The number of aliphatic hydroxyl groups is 1. The summed E-state index contributed by atoms with van der Waals surface area (Å²) in [7, 11) is 1.76. The van der Waals surface area contributed by atoms with E-state index in [1.165, 1.54) is 0 Å². The zero-order chi connectivity index (χ0) is 25.4. The van der Waals surface area contributed by atoms with Gasteiger partial charge >= 0.3 is 0 Å². The average molecular weight is 487 g/mol. The number of carbonyl (C=O) groups is 1. The molecule has 0 saturated carbocycles. The summed E-state index contributed by atoms with van der Waals surface area (Å²) in [4.78, 5) is 32.3. The fraction of sp³-hybridized carbons (Fsp3) is 0.280. The molecule has 1 atom stereocenters. The molecule has 36 heavy (non-hydrogen) atoms. The predicted octanol–water partition coefficient (Wildman–Crippen LogP) is 3.44. The number of rotatable bonds is 7. The van der Waals surface area contributed by atoms with E-state index in [-0.39, 0.29) is 24.4 Å². The Hall–Kier alpha value is -4.38. The summed E-state index contributed by atoms with van der Waals surface area (Å²) in [5.74, 6) is 1.83. The topological polar surface area (TPSA) is 142 Å². The number of amides is 1. The molecule has 0 bridgehead atoms. The standard InChI is InChI=1S/C25H26N8O3/c1-14-27-22(36-32-14)17-12-26-24(31-21(17)28-18(13-34)15-8-6-5-7-9-15)30-19-11-10-16-20(29-19)25(2,3)33(4)23(16)35/h5-12,18,34H,13H2,1-4H3,(H2,26,28,29,30,31)/t18-/m1/s1. The molecule has 11 heteroatoms. The lowest BCUT2D eigenvalue weighted by Gasteiger charge is -2.27. The lowest BCUT2D eigenvalue weighted by atomic mass is 10.00. The highest BCUT2D eigenvalue weighted by atomic mass is 16.5. The second-order valence-electron chi connectivity index (χ2n) is 9.03. The molecule has 1 amide bonds. The first-order valence-corrected chi connectivity index (χ1v) is 11.4. The zero-order valence-corrected chi connectivity index (χ0v) is 20.4. The zero-order valence-electron chi connectivity index (χ0n) is 20.4. The van der Waals surface area contributed by atoms with E-state index in [1.807, 2.05) is 44.2 Å². The normalized spacial score (nSPS) is 15.0. The Balaban J connectivity index is 1.50. The van der Waals surface area contributed by atoms with Crippen LogP contribution in [0.4, 0.5) is 17.6 Å². The Labute approximate surface area is 207 Å². The summed E-state index contributed by atoms with van der Waals surface area (Å²) in [5.41, 5.74) is 2.09. The summed E-state index contributed by atoms with van der Waals surface area (Å²) < 4.78 is 5.35. The van der Waals surface area contributed by atoms with Crippen molar-refractivity contribution in [3.8, 4) is 11.5 Å². The smallest absolute Gasteiger partial charge is 0.263 e. The maximum atomic E-state index is 12.5. The largest absolute Gasteiger partial charge is 0.394 e. The van der Waals surface area contributed by atoms with Crippen molar-refractivity contribution in [2.75, 3.05) is 24.3 Å². The van der Waals surface area contributed by atoms with Gasteiger partial charge in [0.15, 0.2) is 5.82 Å². The van der Waals surface area contributed by atoms with Crippen LogP contribution in [0.1, 0.15) is 47.3 Å². The molecule has 0 spiro atoms. The Kier molecular flexibility index (Phi) is 5.84. The van der Waals surface area contributed by atoms with Gasteiger partial charge in [0.1, 0.15) is 17.2 Å². The second kappa shape index (κ2) is 9.00. The van der Waals surface area contributed by atoms with Crippen LogP contribution in [-0.4, -0.2) is 54.7 Å². The average Bonchev–Trinajstić information content (AvgIpc) is 3.38. The van der Waals surface area contributed by atoms with Crippen molar-refractivity contribution in [1.82, 2.24) is 30.0 Å². The van der Waals surface area contributed by atoms with Gasteiger partial charge in [0.05, 0.1) is 29.4 Å². The first kappa shape index (κ1) is 23.4. The molecule has 0 unspecified atom stereocenters. The van der Waals surface area contributed by atoms with Gasteiger partial charge in [0.2, 0.25) is 5.95 Å². The monoisotopic (exact) mass is 486 g/mol. The van der Waals surface area contributed by atoms with Crippen molar-refractivity contribution < 1.29 is 14.4 Å². The molecule has 5 rings (SSSR count). The van der Waals surface area contributed by atoms with Crippen LogP contribution in [0, 0.1) is 6.92 Å². The van der Waals surface area contributed by atoms with Gasteiger partial charge in [-0.05, 0) is 38.5 Å². The predicted molar refractivity (Wildman–Crippen MR) is 133 cm³/mol. The van der Waals surface area contributed by atoms with Gasteiger partial charge in [-0.3, -0.25) is 4.79 Å². The van der Waals surface area contributed by atoms with Crippen LogP contribution in [-0.2, 0) is 5.54 Å². The van der Waals surface area contributed by atoms with Gasteiger partial charge in [-0.15, -0.1) is 0 Å². The summed E-state index contributed by atoms with van der Waals surface area (Å²) in [5, 5.41) is 20.3. The van der Waals surface area contributed by atoms with Crippen LogP contribution < -0.4 is 10.6 Å². The van der Waals surface area contributed by atoms with E-state index in [1.54, 1.807) is 37.2 Å². The first-order chi connectivity index (χ1) is 17.3. The maximum Gasteiger partial charge on any atom is 0.263 e. The number of pyridine rings is 1. The number of benzene rings is 1. The van der Waals surface area contributed by atoms with Gasteiger partial charge < -0.3 is 25.2 Å². The van der Waals surface area contributed by atoms with Crippen molar-refractivity contribution >= 4 is 23.5 Å². The number of aryl methyl sites for hydroxylation is 1. The molecule has 1 aromatic carbocycles. The number of nitrogens with one attached hydrogen (secondary N) is 2. The fourth-order valence-corrected chi connectivity index (χ4v) is 4.08. The Morgan fingerprint density at radius 2 is 1.86 bits per heavy atom. The lowest BCUT2D eigenvalue weighted by Crippen LogP contribution is -2.35. The van der Waals surface area contributed by atoms with E-state index in [9.17, 15) is 9.90 Å². The lowest BCUT2D eigenvalue weighted by molar-refractivity contribution is 0.0688. The van der Waals surface area contributed by atoms with Gasteiger partial charge in [0, 0.05) is 13.2 Å². The molecule has 0 radical (unpaired) electrons. The number of carbonyl (C=O) groups excluding carboxylic acids is 1. The van der Waals surface area contributed by atoms with Crippen LogP contribution in [0.5, 0.6) is 0 Å². The second-order valence-corrected chi connectivity index (χ2v) is 9.03. The van der Waals surface area contributed by atoms with Crippen LogP contribution in [0.15, 0.2) is 53.2 Å². The van der Waals surface area contributed by atoms with Crippen LogP contribution in [0.25, 0.3) is 11.5 Å². The summed E-state index contributed by atoms with van der Waals surface area (Å²) in [6.45, 7) is 5.46. The SMILES string of the molecule is Cc1noc(-c2cnc(Nc3ccc4c(n3)C(C)(C)N(C)C4=O)nc2N[C@H](CO)c2ccccc2)n1. The minimum absolute atomic E-state index is 0.0630. The fourth-order valence-electron chi connectivity index (χ4n) is 4.08. The third-order valence-electron chi connectivity index (χ3n) is 6.33. The van der Waals surface area contributed by atoms with E-state index in [2.05, 4.69) is 35.7 Å². The molecule has 11 nitrogen and oxygen atoms in total. The number of fused-ring (bicyclic) bond motifs is 1. The van der Waals surface area contributed by atoms with Crippen molar-refractivity contribution in [2.24, 2.45) is 0 Å². The Morgan fingerprint density at radius 3 is 2.56 bits per heavy atom. The summed E-state index contributed by atoms with van der Waals surface area (Å²) in [6.07, 6.45) is 1.57. The Morgan fingerprint density at radius 1 is 1.08 bits per heavy atom. The van der Waals surface area contributed by atoms with Gasteiger partial charge in [-0.25, -0.2) is 9.97 Å².